The summed E-state index contributed by atoms with van der Waals surface area (Å²) in [5, 5.41) is 34.4. The van der Waals surface area contributed by atoms with Crippen molar-refractivity contribution in [1.82, 2.24) is 4.90 Å². The summed E-state index contributed by atoms with van der Waals surface area (Å²) < 4.78 is 49.4. The maximum absolute atomic E-state index is 13.9. The maximum atomic E-state index is 13.9. The lowest BCUT2D eigenvalue weighted by Crippen LogP contribution is -2.62. The highest BCUT2D eigenvalue weighted by Gasteiger charge is 2.54. The van der Waals surface area contributed by atoms with Crippen LogP contribution in [0.1, 0.15) is 108 Å². The molecule has 4 fully saturated rings. The van der Waals surface area contributed by atoms with Crippen molar-refractivity contribution in [2.45, 2.75) is 139 Å². The molecule has 16 heteroatoms. The molecule has 16 nitrogen and oxygen atoms in total. The van der Waals surface area contributed by atoms with Gasteiger partial charge in [-0.25, -0.2) is 0 Å². The number of ketones is 3. The molecule has 0 aromatic heterocycles. The van der Waals surface area contributed by atoms with Gasteiger partial charge in [0.05, 0.1) is 48.3 Å². The molecule has 2 aromatic carbocycles. The summed E-state index contributed by atoms with van der Waals surface area (Å²) in [6.45, 7) is 6.86. The van der Waals surface area contributed by atoms with Crippen LogP contribution >= 0.6 is 0 Å². The number of aromatic hydroxyl groups is 2. The van der Waals surface area contributed by atoms with Gasteiger partial charge in [0.15, 0.2) is 30.4 Å². The van der Waals surface area contributed by atoms with E-state index in [2.05, 4.69) is 0 Å². The summed E-state index contributed by atoms with van der Waals surface area (Å²) in [6, 6.07) is 5.14. The van der Waals surface area contributed by atoms with E-state index in [0.717, 1.165) is 0 Å². The predicted octanol–water partition coefficient (Wildman–Crippen LogP) is 2.78. The molecular weight excluding hydrogens is 746 g/mol. The second kappa shape index (κ2) is 14.8. The zero-order valence-corrected chi connectivity index (χ0v) is 32.8. The van der Waals surface area contributed by atoms with E-state index in [1.54, 1.807) is 6.92 Å². The topological polar surface area (TPSA) is 206 Å². The first kappa shape index (κ1) is 40.0. The summed E-state index contributed by atoms with van der Waals surface area (Å²) in [5.74, 6) is -4.64. The van der Waals surface area contributed by atoms with Gasteiger partial charge in [0.2, 0.25) is 5.78 Å². The molecule has 4 saturated heterocycles. The fraction of sp³-hybridized carbons (Fsp3) is 0.610. The fourth-order valence-corrected chi connectivity index (χ4v) is 9.50. The van der Waals surface area contributed by atoms with Gasteiger partial charge in [0.25, 0.3) is 0 Å². The number of rotatable bonds is 6. The molecule has 2 aliphatic carbocycles. The van der Waals surface area contributed by atoms with Crippen molar-refractivity contribution in [3.8, 4) is 11.5 Å². The lowest BCUT2D eigenvalue weighted by Gasteiger charge is -2.51. The highest BCUT2D eigenvalue weighted by Crippen LogP contribution is 2.53. The number of ether oxygens (including phenoxy) is 8. The first-order valence-corrected chi connectivity index (χ1v) is 19.4. The Kier molecular flexibility index (Phi) is 10.4. The number of methoxy groups -OCH3 is 1. The Hall–Kier alpha value is -3.84. The Morgan fingerprint density at radius 3 is 2.32 bits per heavy atom. The Balaban J connectivity index is 1.05. The van der Waals surface area contributed by atoms with Crippen LogP contribution in [0.5, 0.6) is 11.5 Å². The zero-order valence-electron chi connectivity index (χ0n) is 32.8. The number of carbonyl (C=O) groups is 4. The molecule has 3 N–H and O–H groups in total. The number of likely N-dealkylation sites (N-methyl/N-ethyl adjacent to an activating group) is 1. The summed E-state index contributed by atoms with van der Waals surface area (Å²) in [4.78, 5) is 55.3. The highest BCUT2D eigenvalue weighted by molar-refractivity contribution is 6.30. The standard InChI is InChI=1S/C41H49NO15/c1-16-24(44)13-26-40(53-16)57-38-18(3)52-29(14-25(38)54-26)56-37-17(2)51-28(12-22(37)42(5)6)55-27-15-41(4,49)33(39(48)50-7)20-11-21-32(36(47)31(20)27)35(46)30-19(34(21)45)9-8-10-23(30)43/h8-11,16-18,22,25-29,33,37-38,40,43,47,49H,12-15H2,1-7H3/t16-,17-,18-,22-,25-,26+,27-,28+,29-,33-,37+,38-,40+,41+/m0/s1. The van der Waals surface area contributed by atoms with Crippen molar-refractivity contribution >= 4 is 23.3 Å². The van der Waals surface area contributed by atoms with Crippen molar-refractivity contribution in [3.05, 3.63) is 57.6 Å². The van der Waals surface area contributed by atoms with E-state index in [4.69, 9.17) is 37.9 Å². The molecule has 8 rings (SSSR count). The molecule has 4 aliphatic heterocycles. The molecule has 6 aliphatic rings. The molecule has 0 spiro atoms. The number of Topliss-reactive ketones (excluding diaryl/α,β-unsaturated/α-hetero) is 1. The first-order chi connectivity index (χ1) is 27.0. The van der Waals surface area contributed by atoms with Gasteiger partial charge in [-0.15, -0.1) is 0 Å². The van der Waals surface area contributed by atoms with Gasteiger partial charge in [0, 0.05) is 48.4 Å². The second-order valence-corrected chi connectivity index (χ2v) is 16.4. The number of aliphatic hydroxyl groups is 1. The molecule has 14 atom stereocenters. The van der Waals surface area contributed by atoms with Crippen molar-refractivity contribution < 1.29 is 72.4 Å². The van der Waals surface area contributed by atoms with Crippen molar-refractivity contribution in [2.75, 3.05) is 21.2 Å². The Labute approximate surface area is 329 Å². The van der Waals surface area contributed by atoms with Crippen molar-refractivity contribution in [1.29, 1.82) is 0 Å². The highest BCUT2D eigenvalue weighted by atomic mass is 16.8. The SMILES string of the molecule is COC(=O)[C@@H]1c2cc3c(c(O)c2[C@@H](O[C@@H]2C[C@H](N(C)C)[C@H](O[C@H]4C[C@@H]5O[C@@H]6CC(=O)[C@H](C)O[C@@H]6O[C@H]5[C@H](C)O4)[C@H](C)O2)C[C@@]1(C)O)C(=O)c1c(O)cccc1C3=O. The molecule has 2 aromatic rings. The second-order valence-electron chi connectivity index (χ2n) is 16.4. The minimum Gasteiger partial charge on any atom is -0.507 e. The Bertz CT molecular complexity index is 1980. The number of hydrogen-bond donors (Lipinski definition) is 3. The third-order valence-electron chi connectivity index (χ3n) is 12.3. The Morgan fingerprint density at radius 2 is 1.60 bits per heavy atom. The van der Waals surface area contributed by atoms with Gasteiger partial charge in [-0.05, 0) is 59.5 Å². The normalized spacial score (nSPS) is 38.8. The molecule has 308 valence electrons. The lowest BCUT2D eigenvalue weighted by atomic mass is 9.68. The molecule has 0 saturated carbocycles. The van der Waals surface area contributed by atoms with Crippen LogP contribution in [0, 0.1) is 0 Å². The van der Waals surface area contributed by atoms with Crippen LogP contribution < -0.4 is 0 Å². The van der Waals surface area contributed by atoms with Crippen LogP contribution in [0.2, 0.25) is 0 Å². The van der Waals surface area contributed by atoms with E-state index in [1.165, 1.54) is 38.3 Å². The van der Waals surface area contributed by atoms with E-state index in [-0.39, 0.29) is 64.5 Å². The summed E-state index contributed by atoms with van der Waals surface area (Å²) in [7, 11) is 4.96. The third-order valence-corrected chi connectivity index (χ3v) is 12.3. The summed E-state index contributed by atoms with van der Waals surface area (Å²) in [6.07, 6.45) is -6.23. The van der Waals surface area contributed by atoms with E-state index >= 15 is 0 Å². The third kappa shape index (κ3) is 6.78. The predicted molar refractivity (Wildman–Crippen MR) is 195 cm³/mol. The van der Waals surface area contributed by atoms with Crippen LogP contribution in [-0.4, -0.2) is 138 Å². The zero-order chi connectivity index (χ0) is 40.8. The molecule has 0 bridgehead atoms. The fourth-order valence-electron chi connectivity index (χ4n) is 9.50. The van der Waals surface area contributed by atoms with Crippen LogP contribution in [-0.2, 0) is 47.5 Å². The van der Waals surface area contributed by atoms with Crippen molar-refractivity contribution in [3.63, 3.8) is 0 Å². The average molecular weight is 796 g/mol. The average Bonchev–Trinajstić information content (AvgIpc) is 3.13. The van der Waals surface area contributed by atoms with Gasteiger partial charge in [-0.2, -0.15) is 0 Å². The first-order valence-electron chi connectivity index (χ1n) is 19.4. The van der Waals surface area contributed by atoms with Crippen molar-refractivity contribution in [2.24, 2.45) is 0 Å². The summed E-state index contributed by atoms with van der Waals surface area (Å²) >= 11 is 0. The quantitative estimate of drug-likeness (QED) is 0.307. The minimum absolute atomic E-state index is 0.0299. The van der Waals surface area contributed by atoms with Gasteiger partial charge >= 0.3 is 5.97 Å². The largest absolute Gasteiger partial charge is 0.507 e. The molecule has 0 radical (unpaired) electrons. The van der Waals surface area contributed by atoms with Gasteiger partial charge in [-0.1, -0.05) is 12.1 Å². The number of fused-ring (bicyclic) bond motifs is 5. The molecule has 57 heavy (non-hydrogen) atoms. The van der Waals surface area contributed by atoms with Crippen LogP contribution in [0.3, 0.4) is 0 Å². The maximum Gasteiger partial charge on any atom is 0.316 e. The van der Waals surface area contributed by atoms with Gasteiger partial charge in [0.1, 0.15) is 41.8 Å². The van der Waals surface area contributed by atoms with Gasteiger partial charge in [-0.3, -0.25) is 19.2 Å². The number of benzene rings is 2. The van der Waals surface area contributed by atoms with E-state index in [0.29, 0.717) is 6.42 Å². The number of esters is 1. The number of hydrogen-bond acceptors (Lipinski definition) is 16. The van der Waals surface area contributed by atoms with E-state index in [1.807, 2.05) is 32.8 Å². The monoisotopic (exact) mass is 795 g/mol. The molecule has 0 unspecified atom stereocenters. The molecule has 0 amide bonds. The van der Waals surface area contributed by atoms with Crippen LogP contribution in [0.4, 0.5) is 0 Å². The van der Waals surface area contributed by atoms with E-state index < -0.39 is 108 Å². The lowest BCUT2D eigenvalue weighted by molar-refractivity contribution is -0.371. The number of carbonyl (C=O) groups excluding carboxylic acids is 4. The molecular formula is C41H49NO15. The minimum atomic E-state index is -1.79. The number of phenolic OH excluding ortho intramolecular Hbond substituents is 2. The van der Waals surface area contributed by atoms with Crippen LogP contribution in [0.15, 0.2) is 24.3 Å². The number of nitrogens with zero attached hydrogens (tertiary/aromatic N) is 1. The van der Waals surface area contributed by atoms with Gasteiger partial charge < -0.3 is 58.1 Å². The Morgan fingerprint density at radius 1 is 0.877 bits per heavy atom. The smallest absolute Gasteiger partial charge is 0.316 e. The van der Waals surface area contributed by atoms with E-state index in [9.17, 15) is 34.5 Å². The summed E-state index contributed by atoms with van der Waals surface area (Å²) in [5.41, 5.74) is -2.51. The number of phenols is 2. The van der Waals surface area contributed by atoms with Crippen LogP contribution in [0.25, 0.3) is 0 Å². The molecule has 4 heterocycles.